The van der Waals surface area contributed by atoms with Crippen LogP contribution >= 0.6 is 23.8 Å². The molecule has 0 unspecified atom stereocenters. The van der Waals surface area contributed by atoms with Crippen LogP contribution in [0.15, 0.2) is 29.4 Å². The van der Waals surface area contributed by atoms with Crippen molar-refractivity contribution in [1.29, 1.82) is 0 Å². The molecule has 0 radical (unpaired) electrons. The summed E-state index contributed by atoms with van der Waals surface area (Å²) in [5, 5.41) is 4.51. The van der Waals surface area contributed by atoms with Crippen molar-refractivity contribution in [3.05, 3.63) is 29.3 Å². The highest BCUT2D eigenvalue weighted by atomic mass is 35.5. The van der Waals surface area contributed by atoms with Gasteiger partial charge in [-0.15, -0.1) is 0 Å². The van der Waals surface area contributed by atoms with Crippen LogP contribution in [0.25, 0.3) is 0 Å². The average Bonchev–Trinajstić information content (AvgIpc) is 2.20. The maximum atomic E-state index is 5.71. The molecule has 15 heavy (non-hydrogen) atoms. The zero-order valence-electron chi connectivity index (χ0n) is 7.81. The van der Waals surface area contributed by atoms with E-state index in [0.717, 1.165) is 5.75 Å². The van der Waals surface area contributed by atoms with Crippen molar-refractivity contribution in [1.82, 2.24) is 5.43 Å². The monoisotopic (exact) mass is 243 g/mol. The molecule has 1 rings (SSSR count). The number of hydrazone groups is 1. The van der Waals surface area contributed by atoms with Crippen LogP contribution in [0.4, 0.5) is 0 Å². The summed E-state index contributed by atoms with van der Waals surface area (Å²) >= 11 is 10.3. The fraction of sp³-hybridized carbons (Fsp3) is 0.111. The summed E-state index contributed by atoms with van der Waals surface area (Å²) in [7, 11) is 0. The Labute approximate surface area is 98.1 Å². The molecule has 0 amide bonds. The maximum Gasteiger partial charge on any atom is 0.184 e. The first-order valence-corrected chi connectivity index (χ1v) is 4.92. The minimum absolute atomic E-state index is 0.123. The van der Waals surface area contributed by atoms with Crippen LogP contribution in [0, 0.1) is 0 Å². The van der Waals surface area contributed by atoms with Gasteiger partial charge in [0, 0.05) is 5.02 Å². The molecule has 80 valence electrons. The van der Waals surface area contributed by atoms with E-state index in [-0.39, 0.29) is 5.11 Å². The second-order valence-electron chi connectivity index (χ2n) is 2.55. The van der Waals surface area contributed by atoms with Crippen molar-refractivity contribution in [2.24, 2.45) is 10.8 Å². The summed E-state index contributed by atoms with van der Waals surface area (Å²) < 4.78 is 5.31. The van der Waals surface area contributed by atoms with E-state index in [1.54, 1.807) is 24.3 Å². The van der Waals surface area contributed by atoms with E-state index in [4.69, 9.17) is 22.1 Å². The van der Waals surface area contributed by atoms with Gasteiger partial charge in [0.05, 0.1) is 6.21 Å². The van der Waals surface area contributed by atoms with Gasteiger partial charge in [-0.25, -0.2) is 0 Å². The first-order chi connectivity index (χ1) is 7.18. The van der Waals surface area contributed by atoms with Gasteiger partial charge >= 0.3 is 0 Å². The second kappa shape index (κ2) is 6.21. The van der Waals surface area contributed by atoms with Crippen molar-refractivity contribution in [3.8, 4) is 5.75 Å². The first kappa shape index (κ1) is 11.7. The summed E-state index contributed by atoms with van der Waals surface area (Å²) in [6.45, 7) is 0.331. The van der Waals surface area contributed by atoms with Crippen molar-refractivity contribution < 1.29 is 4.74 Å². The normalized spacial score (nSPS) is 10.2. The lowest BCUT2D eigenvalue weighted by Gasteiger charge is -2.01. The predicted octanol–water partition coefficient (Wildman–Crippen LogP) is 1.54. The third-order valence-electron chi connectivity index (χ3n) is 1.40. The van der Waals surface area contributed by atoms with Crippen LogP contribution < -0.4 is 15.9 Å². The Balaban J connectivity index is 2.28. The number of nitrogens with two attached hydrogens (primary N) is 1. The molecule has 0 spiro atoms. The quantitative estimate of drug-likeness (QED) is 0.479. The highest BCUT2D eigenvalue weighted by Crippen LogP contribution is 2.14. The molecule has 3 N–H and O–H groups in total. The van der Waals surface area contributed by atoms with Gasteiger partial charge < -0.3 is 10.5 Å². The summed E-state index contributed by atoms with van der Waals surface area (Å²) in [5.41, 5.74) is 7.57. The predicted molar refractivity (Wildman–Crippen MR) is 65.4 cm³/mol. The van der Waals surface area contributed by atoms with Crippen LogP contribution in [0.5, 0.6) is 5.75 Å². The third kappa shape index (κ3) is 5.19. The molecule has 0 heterocycles. The van der Waals surface area contributed by atoms with E-state index < -0.39 is 0 Å². The van der Waals surface area contributed by atoms with Crippen LogP contribution in [0.2, 0.25) is 5.02 Å². The molecule has 4 nitrogen and oxygen atoms in total. The standard InChI is InChI=1S/C9H10ClN3OS/c10-7-1-3-8(4-2-7)14-6-5-12-13-9(11)15/h1-5H,6H2,(H3,11,13,15)/b12-5+. The van der Waals surface area contributed by atoms with Crippen LogP contribution in [0.3, 0.4) is 0 Å². The van der Waals surface area contributed by atoms with Gasteiger partial charge in [-0.3, -0.25) is 5.43 Å². The van der Waals surface area contributed by atoms with Crippen LogP contribution in [0.1, 0.15) is 0 Å². The minimum atomic E-state index is 0.123. The summed E-state index contributed by atoms with van der Waals surface area (Å²) in [4.78, 5) is 0. The summed E-state index contributed by atoms with van der Waals surface area (Å²) in [6.07, 6.45) is 1.52. The lowest BCUT2D eigenvalue weighted by atomic mass is 10.3. The van der Waals surface area contributed by atoms with E-state index in [0.29, 0.717) is 11.6 Å². The van der Waals surface area contributed by atoms with E-state index in [1.807, 2.05) is 0 Å². The highest BCUT2D eigenvalue weighted by Gasteiger charge is 1.91. The van der Waals surface area contributed by atoms with Crippen molar-refractivity contribution in [2.45, 2.75) is 0 Å². The van der Waals surface area contributed by atoms with Crippen molar-refractivity contribution in [3.63, 3.8) is 0 Å². The lowest BCUT2D eigenvalue weighted by molar-refractivity contribution is 0.380. The molecule has 6 heteroatoms. The lowest BCUT2D eigenvalue weighted by Crippen LogP contribution is -2.24. The second-order valence-corrected chi connectivity index (χ2v) is 3.43. The SMILES string of the molecule is NC(=S)N/N=C/COc1ccc(Cl)cc1. The molecule has 1 aromatic carbocycles. The maximum absolute atomic E-state index is 5.71. The van der Waals surface area contributed by atoms with Gasteiger partial charge in [0.15, 0.2) is 5.11 Å². The number of nitrogens with zero attached hydrogens (tertiary/aromatic N) is 1. The molecule has 0 aliphatic rings. The van der Waals surface area contributed by atoms with Gasteiger partial charge in [0.25, 0.3) is 0 Å². The number of benzene rings is 1. The number of hydrogen-bond acceptors (Lipinski definition) is 3. The van der Waals surface area contributed by atoms with Crippen LogP contribution in [-0.4, -0.2) is 17.9 Å². The number of nitrogens with one attached hydrogen (secondary N) is 1. The largest absolute Gasteiger partial charge is 0.488 e. The highest BCUT2D eigenvalue weighted by molar-refractivity contribution is 7.80. The van der Waals surface area contributed by atoms with Crippen LogP contribution in [-0.2, 0) is 0 Å². The Kier molecular flexibility index (Phi) is 4.86. The van der Waals surface area contributed by atoms with Gasteiger partial charge in [-0.05, 0) is 36.5 Å². The number of ether oxygens (including phenoxy) is 1. The number of halogens is 1. The Bertz CT molecular complexity index is 353. The Morgan fingerprint density at radius 3 is 2.80 bits per heavy atom. The topological polar surface area (TPSA) is 59.6 Å². The molecular weight excluding hydrogens is 234 g/mol. The molecule has 0 fully saturated rings. The average molecular weight is 244 g/mol. The minimum Gasteiger partial charge on any atom is -0.488 e. The van der Waals surface area contributed by atoms with E-state index in [9.17, 15) is 0 Å². The molecule has 1 aromatic rings. The Morgan fingerprint density at radius 2 is 2.20 bits per heavy atom. The molecule has 0 bridgehead atoms. The first-order valence-electron chi connectivity index (χ1n) is 4.14. The van der Waals surface area contributed by atoms with Crippen molar-refractivity contribution in [2.75, 3.05) is 6.61 Å². The summed E-state index contributed by atoms with van der Waals surface area (Å²) in [5.74, 6) is 0.723. The molecule has 0 saturated heterocycles. The van der Waals surface area contributed by atoms with Gasteiger partial charge in [-0.2, -0.15) is 5.10 Å². The fourth-order valence-electron chi connectivity index (χ4n) is 0.811. The van der Waals surface area contributed by atoms with Gasteiger partial charge in [0.1, 0.15) is 12.4 Å². The zero-order valence-corrected chi connectivity index (χ0v) is 9.39. The van der Waals surface area contributed by atoms with E-state index in [2.05, 4.69) is 22.7 Å². The van der Waals surface area contributed by atoms with E-state index in [1.165, 1.54) is 6.21 Å². The van der Waals surface area contributed by atoms with Gasteiger partial charge in [0.2, 0.25) is 0 Å². The van der Waals surface area contributed by atoms with Gasteiger partial charge in [-0.1, -0.05) is 11.6 Å². The van der Waals surface area contributed by atoms with E-state index >= 15 is 0 Å². The summed E-state index contributed by atoms with van der Waals surface area (Å²) in [6, 6.07) is 7.05. The molecule has 0 atom stereocenters. The molecular formula is C9H10ClN3OS. The molecule has 0 aromatic heterocycles. The van der Waals surface area contributed by atoms with Crippen molar-refractivity contribution >= 4 is 35.1 Å². The number of hydrogen-bond donors (Lipinski definition) is 2. The molecule has 0 aliphatic carbocycles. The number of rotatable bonds is 4. The molecule has 0 saturated carbocycles. The Morgan fingerprint density at radius 1 is 1.53 bits per heavy atom. The Hall–Kier alpha value is -1.33. The zero-order chi connectivity index (χ0) is 11.1. The molecule has 0 aliphatic heterocycles. The smallest absolute Gasteiger partial charge is 0.184 e. The third-order valence-corrected chi connectivity index (χ3v) is 1.75. The fourth-order valence-corrected chi connectivity index (χ4v) is 0.990. The number of thiocarbonyl (C=S) groups is 1.